The maximum atomic E-state index is 5.87. The van der Waals surface area contributed by atoms with Crippen molar-refractivity contribution in [2.45, 2.75) is 0 Å². The van der Waals surface area contributed by atoms with Gasteiger partial charge >= 0.3 is 0 Å². The lowest BCUT2D eigenvalue weighted by Gasteiger charge is -1.97. The molecule has 0 amide bonds. The third kappa shape index (κ3) is 1.91. The summed E-state index contributed by atoms with van der Waals surface area (Å²) in [7, 11) is 0. The van der Waals surface area contributed by atoms with Crippen molar-refractivity contribution in [2.24, 2.45) is 0 Å². The van der Waals surface area contributed by atoms with Crippen LogP contribution in [-0.2, 0) is 0 Å². The van der Waals surface area contributed by atoms with Crippen LogP contribution < -0.4 is 0 Å². The number of halogens is 4. The van der Waals surface area contributed by atoms with Gasteiger partial charge in [0.05, 0.1) is 4.47 Å². The van der Waals surface area contributed by atoms with Gasteiger partial charge in [-0.25, -0.2) is 0 Å². The van der Waals surface area contributed by atoms with Crippen LogP contribution in [0.2, 0.25) is 0 Å². The van der Waals surface area contributed by atoms with Crippen LogP contribution in [0.3, 0.4) is 0 Å². The van der Waals surface area contributed by atoms with Gasteiger partial charge < -0.3 is 4.42 Å². The number of hydrogen-bond acceptors (Lipinski definition) is 1. The lowest BCUT2D eigenvalue weighted by atomic mass is 10.1. The first-order valence-electron chi connectivity index (χ1n) is 4.73. The van der Waals surface area contributed by atoms with E-state index in [2.05, 4.69) is 69.8 Å². The zero-order chi connectivity index (χ0) is 12.2. The predicted molar refractivity (Wildman–Crippen MR) is 84.5 cm³/mol. The monoisotopic (exact) mass is 480 g/mol. The average Bonchev–Trinajstić information content (AvgIpc) is 2.64. The molecular weight excluding hydrogens is 480 g/mol. The van der Waals surface area contributed by atoms with Crippen LogP contribution in [0, 0.1) is 0 Å². The van der Waals surface area contributed by atoms with Gasteiger partial charge in [-0.3, -0.25) is 0 Å². The molecule has 0 aliphatic carbocycles. The van der Waals surface area contributed by atoms with E-state index in [1.165, 1.54) is 0 Å². The zero-order valence-electron chi connectivity index (χ0n) is 8.23. The molecule has 1 heterocycles. The second-order valence-corrected chi connectivity index (χ2v) is 7.02. The molecule has 0 fully saturated rings. The van der Waals surface area contributed by atoms with Crippen molar-refractivity contribution in [3.63, 3.8) is 0 Å². The topological polar surface area (TPSA) is 13.1 Å². The van der Waals surface area contributed by atoms with Gasteiger partial charge in [0, 0.05) is 24.2 Å². The molecular formula is C12H4Br4O. The first kappa shape index (κ1) is 12.2. The Balaban J connectivity index is 2.60. The Morgan fingerprint density at radius 1 is 0.765 bits per heavy atom. The van der Waals surface area contributed by atoms with E-state index in [4.69, 9.17) is 4.42 Å². The molecule has 0 aliphatic rings. The number of furan rings is 1. The highest BCUT2D eigenvalue weighted by Gasteiger charge is 2.14. The molecule has 5 heteroatoms. The fraction of sp³-hybridized carbons (Fsp3) is 0. The third-order valence-electron chi connectivity index (χ3n) is 2.56. The van der Waals surface area contributed by atoms with Crippen LogP contribution in [0.5, 0.6) is 0 Å². The zero-order valence-corrected chi connectivity index (χ0v) is 14.6. The van der Waals surface area contributed by atoms with Crippen LogP contribution in [0.4, 0.5) is 0 Å². The highest BCUT2D eigenvalue weighted by Crippen LogP contribution is 2.40. The van der Waals surface area contributed by atoms with E-state index >= 15 is 0 Å². The Hall–Kier alpha value is 0.160. The van der Waals surface area contributed by atoms with Crippen LogP contribution in [0.1, 0.15) is 0 Å². The maximum absolute atomic E-state index is 5.87. The molecule has 3 rings (SSSR count). The maximum Gasteiger partial charge on any atom is 0.150 e. The van der Waals surface area contributed by atoms with Crippen molar-refractivity contribution in [2.75, 3.05) is 0 Å². The van der Waals surface area contributed by atoms with Crippen molar-refractivity contribution in [1.29, 1.82) is 0 Å². The highest BCUT2D eigenvalue weighted by molar-refractivity contribution is 9.13. The Morgan fingerprint density at radius 3 is 2.18 bits per heavy atom. The first-order chi connectivity index (χ1) is 8.08. The van der Waals surface area contributed by atoms with Crippen molar-refractivity contribution in [3.8, 4) is 0 Å². The molecule has 17 heavy (non-hydrogen) atoms. The highest BCUT2D eigenvalue weighted by atomic mass is 79.9. The van der Waals surface area contributed by atoms with Gasteiger partial charge in [-0.15, -0.1) is 0 Å². The summed E-state index contributed by atoms with van der Waals surface area (Å²) in [6.07, 6.45) is 0. The average molecular weight is 484 g/mol. The minimum Gasteiger partial charge on any atom is -0.455 e. The fourth-order valence-corrected chi connectivity index (χ4v) is 3.41. The molecule has 0 bridgehead atoms. The standard InChI is InChI=1S/C12H4Br4O/c13-6-1-2-7(14)12-11(6)5-3-8(15)9(16)4-10(5)17-12/h1-4H. The van der Waals surface area contributed by atoms with E-state index in [1.807, 2.05) is 18.2 Å². The molecule has 86 valence electrons. The Bertz CT molecular complexity index is 745. The Labute approximate surface area is 131 Å². The van der Waals surface area contributed by atoms with Crippen LogP contribution >= 0.6 is 63.7 Å². The quantitative estimate of drug-likeness (QED) is 0.349. The molecule has 2 aromatic carbocycles. The minimum absolute atomic E-state index is 0.861. The van der Waals surface area contributed by atoms with E-state index in [0.717, 1.165) is 39.8 Å². The molecule has 3 aromatic rings. The van der Waals surface area contributed by atoms with E-state index in [0.29, 0.717) is 0 Å². The predicted octanol–water partition coefficient (Wildman–Crippen LogP) is 6.64. The number of benzene rings is 2. The molecule has 1 nitrogen and oxygen atoms in total. The van der Waals surface area contributed by atoms with Gasteiger partial charge in [0.25, 0.3) is 0 Å². The van der Waals surface area contributed by atoms with E-state index in [1.54, 1.807) is 0 Å². The lowest BCUT2D eigenvalue weighted by Crippen LogP contribution is -1.73. The van der Waals surface area contributed by atoms with Crippen molar-refractivity contribution >= 4 is 85.7 Å². The Kier molecular flexibility index (Phi) is 3.14. The summed E-state index contributed by atoms with van der Waals surface area (Å²) in [5.41, 5.74) is 1.72. The SMILES string of the molecule is Brc1cc2oc3c(Br)ccc(Br)c3c2cc1Br. The summed E-state index contributed by atoms with van der Waals surface area (Å²) in [5.74, 6) is 0. The summed E-state index contributed by atoms with van der Waals surface area (Å²) >= 11 is 14.1. The van der Waals surface area contributed by atoms with Gasteiger partial charge in [0.1, 0.15) is 5.58 Å². The summed E-state index contributed by atoms with van der Waals surface area (Å²) in [6.45, 7) is 0. The molecule has 0 unspecified atom stereocenters. The number of rotatable bonds is 0. The fourth-order valence-electron chi connectivity index (χ4n) is 1.80. The lowest BCUT2D eigenvalue weighted by molar-refractivity contribution is 0.666. The second kappa shape index (κ2) is 4.37. The summed E-state index contributed by atoms with van der Waals surface area (Å²) in [4.78, 5) is 0. The number of hydrogen-bond donors (Lipinski definition) is 0. The van der Waals surface area contributed by atoms with Gasteiger partial charge in [0.2, 0.25) is 0 Å². The van der Waals surface area contributed by atoms with Crippen molar-refractivity contribution in [3.05, 3.63) is 42.2 Å². The van der Waals surface area contributed by atoms with E-state index in [-0.39, 0.29) is 0 Å². The number of fused-ring (bicyclic) bond motifs is 3. The normalized spacial score (nSPS) is 11.5. The van der Waals surface area contributed by atoms with Gasteiger partial charge in [-0.05, 0) is 72.1 Å². The van der Waals surface area contributed by atoms with E-state index in [9.17, 15) is 0 Å². The van der Waals surface area contributed by atoms with Crippen molar-refractivity contribution < 1.29 is 4.42 Å². The summed E-state index contributed by atoms with van der Waals surface area (Å²) in [5, 5.41) is 2.17. The van der Waals surface area contributed by atoms with Gasteiger partial charge in [0.15, 0.2) is 5.58 Å². The molecule has 0 N–H and O–H groups in total. The largest absolute Gasteiger partial charge is 0.455 e. The molecule has 0 atom stereocenters. The van der Waals surface area contributed by atoms with Gasteiger partial charge in [-0.2, -0.15) is 0 Å². The molecule has 1 aromatic heterocycles. The molecule has 0 saturated heterocycles. The molecule has 0 saturated carbocycles. The Morgan fingerprint density at radius 2 is 1.41 bits per heavy atom. The smallest absolute Gasteiger partial charge is 0.150 e. The van der Waals surface area contributed by atoms with E-state index < -0.39 is 0 Å². The van der Waals surface area contributed by atoms with Crippen LogP contribution in [0.25, 0.3) is 21.9 Å². The summed E-state index contributed by atoms with van der Waals surface area (Å²) in [6, 6.07) is 8.01. The molecule has 0 radical (unpaired) electrons. The second-order valence-electron chi connectivity index (χ2n) is 3.60. The molecule has 0 aliphatic heterocycles. The van der Waals surface area contributed by atoms with Crippen molar-refractivity contribution in [1.82, 2.24) is 0 Å². The van der Waals surface area contributed by atoms with Gasteiger partial charge in [-0.1, -0.05) is 15.9 Å². The van der Waals surface area contributed by atoms with Crippen LogP contribution in [0.15, 0.2) is 46.6 Å². The summed E-state index contributed by atoms with van der Waals surface area (Å²) < 4.78 is 9.86. The minimum atomic E-state index is 0.861. The van der Waals surface area contributed by atoms with Crippen LogP contribution in [-0.4, -0.2) is 0 Å². The molecule has 0 spiro atoms. The first-order valence-corrected chi connectivity index (χ1v) is 7.90. The third-order valence-corrected chi connectivity index (χ3v) is 5.69.